The van der Waals surface area contributed by atoms with Crippen LogP contribution in [0.25, 0.3) is 11.2 Å². The number of ether oxygens (including phenoxy) is 1. The van der Waals surface area contributed by atoms with E-state index in [1.54, 1.807) is 38.3 Å². The fourth-order valence-corrected chi connectivity index (χ4v) is 3.29. The number of alkyl carbamates (subject to hydrolysis) is 1. The topological polar surface area (TPSA) is 139 Å². The standard InChI is InChI=1S/C20H34N8O3/c1-9-27(22-8)20(6,7)26-17-25-14-10-13(15(21)29)11-23-16(14)28(17)12(2)24-18(30)31-19(3,4)5/h10-12,22H,9H2,1-8H3,(H2,21,29)(H,24,30)(H,25,26). The van der Waals surface area contributed by atoms with E-state index < -0.39 is 29.4 Å². The Morgan fingerprint density at radius 3 is 2.45 bits per heavy atom. The monoisotopic (exact) mass is 434 g/mol. The van der Waals surface area contributed by atoms with Crippen molar-refractivity contribution < 1.29 is 14.3 Å². The minimum Gasteiger partial charge on any atom is -0.444 e. The maximum atomic E-state index is 12.4. The average molecular weight is 435 g/mol. The highest BCUT2D eigenvalue weighted by molar-refractivity contribution is 5.95. The molecule has 0 aliphatic heterocycles. The van der Waals surface area contributed by atoms with E-state index in [2.05, 4.69) is 26.0 Å². The number of nitrogens with two attached hydrogens (primary N) is 1. The van der Waals surface area contributed by atoms with Gasteiger partial charge in [0.2, 0.25) is 11.9 Å². The Bertz CT molecular complexity index is 944. The van der Waals surface area contributed by atoms with E-state index in [0.717, 1.165) is 6.54 Å². The second-order valence-electron chi connectivity index (χ2n) is 8.71. The number of pyridine rings is 1. The molecule has 2 heterocycles. The zero-order chi connectivity index (χ0) is 23.6. The van der Waals surface area contributed by atoms with Gasteiger partial charge in [-0.25, -0.2) is 19.8 Å². The van der Waals surface area contributed by atoms with Crippen LogP contribution < -0.4 is 21.8 Å². The second-order valence-corrected chi connectivity index (χ2v) is 8.71. The molecule has 0 radical (unpaired) electrons. The highest BCUT2D eigenvalue weighted by atomic mass is 16.6. The molecule has 11 nitrogen and oxygen atoms in total. The van der Waals surface area contributed by atoms with Gasteiger partial charge in [-0.3, -0.25) is 14.8 Å². The summed E-state index contributed by atoms with van der Waals surface area (Å²) in [6, 6.07) is 1.58. The van der Waals surface area contributed by atoms with Gasteiger partial charge in [-0.05, 0) is 54.7 Å². The molecule has 172 valence electrons. The smallest absolute Gasteiger partial charge is 0.409 e. The third kappa shape index (κ3) is 5.82. The molecule has 2 rings (SSSR count). The number of hydrogen-bond acceptors (Lipinski definition) is 8. The predicted octanol–water partition coefficient (Wildman–Crippen LogP) is 2.18. The van der Waals surface area contributed by atoms with Crippen LogP contribution in [0.3, 0.4) is 0 Å². The Kier molecular flexibility index (Phi) is 7.12. The lowest BCUT2D eigenvalue weighted by Gasteiger charge is -2.38. The van der Waals surface area contributed by atoms with Crippen LogP contribution in [0.1, 0.15) is 65.0 Å². The van der Waals surface area contributed by atoms with Crippen LogP contribution in [0.2, 0.25) is 0 Å². The molecule has 0 saturated carbocycles. The first kappa shape index (κ1) is 24.4. The summed E-state index contributed by atoms with van der Waals surface area (Å²) >= 11 is 0. The summed E-state index contributed by atoms with van der Waals surface area (Å²) in [4.78, 5) is 33.0. The van der Waals surface area contributed by atoms with Crippen LogP contribution in [-0.4, -0.2) is 56.4 Å². The number of amides is 2. The molecule has 1 unspecified atom stereocenters. The minimum atomic E-state index is -0.632. The van der Waals surface area contributed by atoms with Crippen LogP contribution in [-0.2, 0) is 4.74 Å². The molecule has 0 aliphatic rings. The van der Waals surface area contributed by atoms with Gasteiger partial charge < -0.3 is 21.1 Å². The molecule has 2 amide bonds. The first-order valence-electron chi connectivity index (χ1n) is 10.2. The third-order valence-electron chi connectivity index (χ3n) is 4.61. The first-order valence-corrected chi connectivity index (χ1v) is 10.2. The molecule has 0 spiro atoms. The number of imidazole rings is 1. The number of carbonyl (C=O) groups excluding carboxylic acids is 2. The van der Waals surface area contributed by atoms with Crippen LogP contribution >= 0.6 is 0 Å². The van der Waals surface area contributed by atoms with Crippen molar-refractivity contribution in [3.05, 3.63) is 17.8 Å². The van der Waals surface area contributed by atoms with E-state index >= 15 is 0 Å². The molecule has 1 atom stereocenters. The Morgan fingerprint density at radius 2 is 1.94 bits per heavy atom. The van der Waals surface area contributed by atoms with Gasteiger partial charge in [0.25, 0.3) is 0 Å². The number of anilines is 1. The molecular formula is C20H34N8O3. The second kappa shape index (κ2) is 9.06. The fourth-order valence-electron chi connectivity index (χ4n) is 3.29. The molecule has 0 bridgehead atoms. The van der Waals surface area contributed by atoms with Crippen molar-refractivity contribution in [1.82, 2.24) is 30.3 Å². The van der Waals surface area contributed by atoms with Crippen molar-refractivity contribution in [3.8, 4) is 0 Å². The predicted molar refractivity (Wildman–Crippen MR) is 119 cm³/mol. The van der Waals surface area contributed by atoms with Crippen LogP contribution in [0.15, 0.2) is 12.3 Å². The van der Waals surface area contributed by atoms with Crippen molar-refractivity contribution in [2.45, 2.75) is 65.9 Å². The Morgan fingerprint density at radius 1 is 1.29 bits per heavy atom. The Balaban J connectivity index is 2.51. The highest BCUT2D eigenvalue weighted by Crippen LogP contribution is 2.26. The molecular weight excluding hydrogens is 400 g/mol. The lowest BCUT2D eigenvalue weighted by atomic mass is 10.2. The first-order chi connectivity index (χ1) is 14.3. The van der Waals surface area contributed by atoms with E-state index in [-0.39, 0.29) is 5.56 Å². The van der Waals surface area contributed by atoms with Gasteiger partial charge in [0.15, 0.2) is 5.65 Å². The summed E-state index contributed by atoms with van der Waals surface area (Å²) in [6.45, 7) is 13.9. The van der Waals surface area contributed by atoms with Gasteiger partial charge in [-0.2, -0.15) is 0 Å². The molecule has 2 aromatic heterocycles. The van der Waals surface area contributed by atoms with Crippen molar-refractivity contribution in [3.63, 3.8) is 0 Å². The zero-order valence-electron chi connectivity index (χ0n) is 19.5. The fraction of sp³-hybridized carbons (Fsp3) is 0.600. The minimum absolute atomic E-state index is 0.251. The Hall–Kier alpha value is -2.92. The summed E-state index contributed by atoms with van der Waals surface area (Å²) in [6.07, 6.45) is 0.283. The van der Waals surface area contributed by atoms with Crippen molar-refractivity contribution in [2.24, 2.45) is 5.73 Å². The number of rotatable bonds is 8. The number of hydrogen-bond donors (Lipinski definition) is 4. The molecule has 0 saturated heterocycles. The number of nitrogens with one attached hydrogen (secondary N) is 3. The van der Waals surface area contributed by atoms with Crippen LogP contribution in [0.5, 0.6) is 0 Å². The highest BCUT2D eigenvalue weighted by Gasteiger charge is 2.29. The largest absolute Gasteiger partial charge is 0.444 e. The zero-order valence-corrected chi connectivity index (χ0v) is 19.5. The number of carbonyl (C=O) groups is 2. The van der Waals surface area contributed by atoms with Crippen molar-refractivity contribution >= 4 is 29.1 Å². The third-order valence-corrected chi connectivity index (χ3v) is 4.61. The number of primary amides is 1. The summed E-state index contributed by atoms with van der Waals surface area (Å²) in [5.74, 6) is -0.127. The van der Waals surface area contributed by atoms with E-state index in [1.165, 1.54) is 6.20 Å². The van der Waals surface area contributed by atoms with E-state index in [9.17, 15) is 9.59 Å². The Labute approximate surface area is 182 Å². The lowest BCUT2D eigenvalue weighted by Crippen LogP contribution is -2.55. The quantitative estimate of drug-likeness (QED) is 0.366. The van der Waals surface area contributed by atoms with Gasteiger partial charge in [-0.15, -0.1) is 0 Å². The molecule has 0 fully saturated rings. The molecule has 5 N–H and O–H groups in total. The van der Waals surface area contributed by atoms with Crippen molar-refractivity contribution in [1.29, 1.82) is 0 Å². The van der Waals surface area contributed by atoms with Gasteiger partial charge in [-0.1, -0.05) is 6.92 Å². The molecule has 0 aliphatic carbocycles. The molecule has 0 aromatic carbocycles. The van der Waals surface area contributed by atoms with Crippen LogP contribution in [0.4, 0.5) is 10.7 Å². The summed E-state index contributed by atoms with van der Waals surface area (Å²) < 4.78 is 7.12. The van der Waals surface area contributed by atoms with Gasteiger partial charge in [0.1, 0.15) is 22.9 Å². The summed E-state index contributed by atoms with van der Waals surface area (Å²) in [5.41, 5.74) is 8.57. The number of nitrogens with zero attached hydrogens (tertiary/aromatic N) is 4. The van der Waals surface area contributed by atoms with Gasteiger partial charge in [0.05, 0.1) is 5.56 Å². The SMILES string of the molecule is CCN(NC)C(C)(C)Nc1nc2cc(C(N)=O)cnc2n1C(C)NC(=O)OC(C)(C)C. The van der Waals surface area contributed by atoms with Crippen LogP contribution in [0, 0.1) is 0 Å². The molecule has 2 aromatic rings. The molecule has 11 heteroatoms. The molecule has 31 heavy (non-hydrogen) atoms. The summed E-state index contributed by atoms with van der Waals surface area (Å²) in [7, 11) is 1.84. The summed E-state index contributed by atoms with van der Waals surface area (Å²) in [5, 5.41) is 8.20. The average Bonchev–Trinajstić information content (AvgIpc) is 2.96. The number of aromatic nitrogens is 3. The van der Waals surface area contributed by atoms with Gasteiger partial charge in [0, 0.05) is 12.7 Å². The number of hydrazine groups is 1. The van der Waals surface area contributed by atoms with Crippen molar-refractivity contribution in [2.75, 3.05) is 18.9 Å². The number of fused-ring (bicyclic) bond motifs is 1. The van der Waals surface area contributed by atoms with Gasteiger partial charge >= 0.3 is 6.09 Å². The van der Waals surface area contributed by atoms with E-state index in [1.807, 2.05) is 32.8 Å². The lowest BCUT2D eigenvalue weighted by molar-refractivity contribution is 0.0490. The maximum absolute atomic E-state index is 12.4. The normalized spacial score (nSPS) is 13.3. The van der Waals surface area contributed by atoms with E-state index in [0.29, 0.717) is 17.1 Å². The maximum Gasteiger partial charge on any atom is 0.409 e. The van der Waals surface area contributed by atoms with E-state index in [4.69, 9.17) is 10.5 Å².